The van der Waals surface area contributed by atoms with Gasteiger partial charge in [0, 0.05) is 19.6 Å². The molecule has 10 nitrogen and oxygen atoms in total. The molecule has 0 saturated heterocycles. The van der Waals surface area contributed by atoms with E-state index in [4.69, 9.17) is 15.2 Å². The van der Waals surface area contributed by atoms with Crippen LogP contribution in [0.25, 0.3) is 11.2 Å². The van der Waals surface area contributed by atoms with Crippen molar-refractivity contribution in [1.82, 2.24) is 19.5 Å². The van der Waals surface area contributed by atoms with Gasteiger partial charge in [0.1, 0.15) is 6.10 Å². The number of rotatable bonds is 7. The number of hydrogen-bond donors (Lipinski definition) is 4. The third kappa shape index (κ3) is 4.21. The Kier molecular flexibility index (Phi) is 6.02. The molecule has 4 atom stereocenters. The van der Waals surface area contributed by atoms with E-state index in [0.717, 1.165) is 0 Å². The van der Waals surface area contributed by atoms with Crippen molar-refractivity contribution in [1.29, 1.82) is 0 Å². The minimum Gasteiger partial charge on any atom is -0.396 e. The van der Waals surface area contributed by atoms with Crippen LogP contribution in [0.15, 0.2) is 11.1 Å². The zero-order chi connectivity index (χ0) is 19.6. The fourth-order valence-corrected chi connectivity index (χ4v) is 2.74. The number of aromatic amines is 1. The van der Waals surface area contributed by atoms with Crippen molar-refractivity contribution in [2.45, 2.75) is 51.7 Å². The van der Waals surface area contributed by atoms with Crippen LogP contribution in [0, 0.1) is 5.92 Å². The maximum atomic E-state index is 12.0. The number of aliphatic hydroxyl groups excluding tert-OH is 2. The van der Waals surface area contributed by atoms with Gasteiger partial charge in [-0.25, -0.2) is 4.98 Å². The Hall–Kier alpha value is -2.01. The van der Waals surface area contributed by atoms with Crippen LogP contribution in [0.1, 0.15) is 33.9 Å². The molecule has 0 aromatic carbocycles. The highest BCUT2D eigenvalue weighted by Crippen LogP contribution is 2.27. The van der Waals surface area contributed by atoms with Crippen LogP contribution in [0.4, 0.5) is 5.95 Å². The molecule has 2 heterocycles. The second kappa shape index (κ2) is 7.70. The molecule has 0 aliphatic rings. The van der Waals surface area contributed by atoms with Gasteiger partial charge in [-0.1, -0.05) is 6.92 Å². The summed E-state index contributed by atoms with van der Waals surface area (Å²) >= 11 is 0. The molecule has 2 rings (SSSR count). The van der Waals surface area contributed by atoms with Gasteiger partial charge in [-0.15, -0.1) is 0 Å². The van der Waals surface area contributed by atoms with Gasteiger partial charge in [0.2, 0.25) is 5.95 Å². The van der Waals surface area contributed by atoms with Gasteiger partial charge in [-0.05, 0) is 20.8 Å². The number of aromatic nitrogens is 4. The van der Waals surface area contributed by atoms with Crippen molar-refractivity contribution in [3.05, 3.63) is 16.7 Å². The zero-order valence-electron chi connectivity index (χ0n) is 15.6. The number of imidazole rings is 1. The second-order valence-corrected chi connectivity index (χ2v) is 7.25. The van der Waals surface area contributed by atoms with Gasteiger partial charge in [-0.2, -0.15) is 4.98 Å². The lowest BCUT2D eigenvalue weighted by Crippen LogP contribution is -2.46. The number of nitrogens with two attached hydrogens (primary N) is 1. The standard InChI is InChI=1S/C16H27N5O5/c1-8(6-22)11(26-16(2,3)4)10(23)14(25-5)21-7-18-9-12(21)19-15(17)20-13(9)24/h7-8,10-11,14,22-23H,6H2,1-5H3,(H3,17,19,20,24). The van der Waals surface area contributed by atoms with Crippen LogP contribution in [-0.2, 0) is 9.47 Å². The molecular formula is C16H27N5O5. The summed E-state index contributed by atoms with van der Waals surface area (Å²) in [6.45, 7) is 7.15. The van der Waals surface area contributed by atoms with Crippen LogP contribution >= 0.6 is 0 Å². The Morgan fingerprint density at radius 2 is 2.08 bits per heavy atom. The third-order valence-electron chi connectivity index (χ3n) is 3.93. The molecule has 0 bridgehead atoms. The summed E-state index contributed by atoms with van der Waals surface area (Å²) in [4.78, 5) is 22.4. The van der Waals surface area contributed by atoms with Crippen molar-refractivity contribution < 1.29 is 19.7 Å². The number of methoxy groups -OCH3 is 1. The predicted octanol–water partition coefficient (Wildman–Crippen LogP) is 0.0198. The molecule has 0 amide bonds. The number of nitrogen functional groups attached to an aromatic ring is 1. The number of nitrogens with zero attached hydrogens (tertiary/aromatic N) is 3. The molecule has 0 aliphatic heterocycles. The van der Waals surface area contributed by atoms with E-state index in [1.807, 2.05) is 20.8 Å². The fourth-order valence-electron chi connectivity index (χ4n) is 2.74. The quantitative estimate of drug-likeness (QED) is 0.534. The highest BCUT2D eigenvalue weighted by Gasteiger charge is 2.37. The van der Waals surface area contributed by atoms with Gasteiger partial charge in [0.25, 0.3) is 5.56 Å². The number of nitrogens with one attached hydrogen (secondary N) is 1. The SMILES string of the molecule is COC(C(O)C(OC(C)(C)C)C(C)CO)n1cnc2c(=O)[nH]c(N)nc21. The van der Waals surface area contributed by atoms with E-state index < -0.39 is 29.6 Å². The Morgan fingerprint density at radius 3 is 2.62 bits per heavy atom. The number of anilines is 1. The summed E-state index contributed by atoms with van der Waals surface area (Å²) < 4.78 is 12.8. The van der Waals surface area contributed by atoms with E-state index in [-0.39, 0.29) is 29.6 Å². The molecule has 0 aliphatic carbocycles. The Morgan fingerprint density at radius 1 is 1.42 bits per heavy atom. The summed E-state index contributed by atoms with van der Waals surface area (Å²) in [6.07, 6.45) is -1.50. The first kappa shape index (κ1) is 20.3. The van der Waals surface area contributed by atoms with E-state index >= 15 is 0 Å². The van der Waals surface area contributed by atoms with Crippen molar-refractivity contribution in [2.24, 2.45) is 5.92 Å². The van der Waals surface area contributed by atoms with Crippen molar-refractivity contribution in [3.8, 4) is 0 Å². The minimum atomic E-state index is -1.17. The van der Waals surface area contributed by atoms with E-state index in [1.54, 1.807) is 6.92 Å². The largest absolute Gasteiger partial charge is 0.396 e. The highest BCUT2D eigenvalue weighted by atomic mass is 16.5. The summed E-state index contributed by atoms with van der Waals surface area (Å²) in [5.41, 5.74) is 4.84. The molecule has 0 spiro atoms. The van der Waals surface area contributed by atoms with Crippen LogP contribution in [-0.4, -0.2) is 61.3 Å². The molecule has 26 heavy (non-hydrogen) atoms. The van der Waals surface area contributed by atoms with Crippen molar-refractivity contribution in [2.75, 3.05) is 19.5 Å². The first-order chi connectivity index (χ1) is 12.1. The monoisotopic (exact) mass is 369 g/mol. The molecule has 4 unspecified atom stereocenters. The zero-order valence-corrected chi connectivity index (χ0v) is 15.6. The fraction of sp³-hybridized carbons (Fsp3) is 0.688. The lowest BCUT2D eigenvalue weighted by Gasteiger charge is -2.37. The number of hydrogen-bond acceptors (Lipinski definition) is 8. The summed E-state index contributed by atoms with van der Waals surface area (Å²) in [5.74, 6) is -0.432. The minimum absolute atomic E-state index is 0.0696. The van der Waals surface area contributed by atoms with Crippen LogP contribution in [0.3, 0.4) is 0 Å². The van der Waals surface area contributed by atoms with Gasteiger partial charge < -0.3 is 25.4 Å². The normalized spacial score (nSPS) is 17.2. The number of fused-ring (bicyclic) bond motifs is 1. The summed E-state index contributed by atoms with van der Waals surface area (Å²) in [7, 11) is 1.41. The molecule has 2 aromatic heterocycles. The van der Waals surface area contributed by atoms with Crippen molar-refractivity contribution in [3.63, 3.8) is 0 Å². The molecule has 0 fully saturated rings. The van der Waals surface area contributed by atoms with Gasteiger partial charge in [0.05, 0.1) is 18.0 Å². The molecule has 2 aromatic rings. The lowest BCUT2D eigenvalue weighted by atomic mass is 9.97. The highest BCUT2D eigenvalue weighted by molar-refractivity contribution is 5.70. The van der Waals surface area contributed by atoms with Crippen LogP contribution < -0.4 is 11.3 Å². The van der Waals surface area contributed by atoms with Gasteiger partial charge >= 0.3 is 0 Å². The van der Waals surface area contributed by atoms with Gasteiger partial charge in [0.15, 0.2) is 17.4 Å². The van der Waals surface area contributed by atoms with E-state index in [2.05, 4.69) is 15.0 Å². The lowest BCUT2D eigenvalue weighted by molar-refractivity contribution is -0.181. The Bertz CT molecular complexity index is 796. The first-order valence-electron chi connectivity index (χ1n) is 8.31. The average molecular weight is 369 g/mol. The third-order valence-corrected chi connectivity index (χ3v) is 3.93. The smallest absolute Gasteiger partial charge is 0.280 e. The number of aliphatic hydroxyl groups is 2. The molecule has 5 N–H and O–H groups in total. The Balaban J connectivity index is 2.47. The predicted molar refractivity (Wildman–Crippen MR) is 95.5 cm³/mol. The summed E-state index contributed by atoms with van der Waals surface area (Å²) in [6, 6.07) is 0. The number of ether oxygens (including phenoxy) is 2. The molecule has 0 saturated carbocycles. The number of H-pyrrole nitrogens is 1. The maximum absolute atomic E-state index is 12.0. The van der Waals surface area contributed by atoms with Gasteiger partial charge in [-0.3, -0.25) is 14.3 Å². The Labute approximate surface area is 151 Å². The van der Waals surface area contributed by atoms with E-state index in [0.29, 0.717) is 0 Å². The van der Waals surface area contributed by atoms with Crippen molar-refractivity contribution >= 4 is 17.1 Å². The first-order valence-corrected chi connectivity index (χ1v) is 8.31. The van der Waals surface area contributed by atoms with Crippen LogP contribution in [0.5, 0.6) is 0 Å². The van der Waals surface area contributed by atoms with E-state index in [9.17, 15) is 15.0 Å². The molecule has 10 heteroatoms. The second-order valence-electron chi connectivity index (χ2n) is 7.25. The average Bonchev–Trinajstić information content (AvgIpc) is 2.95. The van der Waals surface area contributed by atoms with Crippen LogP contribution in [0.2, 0.25) is 0 Å². The topological polar surface area (TPSA) is 149 Å². The molecular weight excluding hydrogens is 342 g/mol. The van der Waals surface area contributed by atoms with E-state index in [1.165, 1.54) is 18.0 Å². The molecule has 146 valence electrons. The summed E-state index contributed by atoms with van der Waals surface area (Å²) in [5, 5.41) is 20.5. The maximum Gasteiger partial charge on any atom is 0.280 e. The molecule has 0 radical (unpaired) electrons.